The molecular formula is C16H28N4S2. The number of guanidine groups is 1. The van der Waals surface area contributed by atoms with E-state index in [1.807, 2.05) is 23.1 Å². The molecule has 1 aromatic rings. The number of hydrogen-bond donors (Lipinski definition) is 2. The lowest BCUT2D eigenvalue weighted by molar-refractivity contribution is 0.463. The largest absolute Gasteiger partial charge is 0.363 e. The summed E-state index contributed by atoms with van der Waals surface area (Å²) in [5, 5.41) is 11.1. The van der Waals surface area contributed by atoms with Crippen LogP contribution in [-0.2, 0) is 0 Å². The minimum absolute atomic E-state index is 0.526. The fourth-order valence-electron chi connectivity index (χ4n) is 2.50. The Labute approximate surface area is 142 Å². The van der Waals surface area contributed by atoms with Gasteiger partial charge in [-0.05, 0) is 43.5 Å². The Bertz CT molecular complexity index is 439. The number of hydrogen-bond acceptors (Lipinski definition) is 4. The van der Waals surface area contributed by atoms with Gasteiger partial charge in [-0.2, -0.15) is 11.8 Å². The minimum Gasteiger partial charge on any atom is -0.363 e. The van der Waals surface area contributed by atoms with Crippen molar-refractivity contribution in [3.05, 3.63) is 17.5 Å². The van der Waals surface area contributed by atoms with Gasteiger partial charge >= 0.3 is 0 Å². The van der Waals surface area contributed by atoms with Crippen LogP contribution in [0.25, 0.3) is 0 Å². The molecule has 0 aliphatic carbocycles. The van der Waals surface area contributed by atoms with Crippen molar-refractivity contribution < 1.29 is 0 Å². The Balaban J connectivity index is 1.81. The quantitative estimate of drug-likeness (QED) is 0.617. The number of nitrogens with zero attached hydrogens (tertiary/aromatic N) is 2. The molecule has 0 saturated carbocycles. The van der Waals surface area contributed by atoms with Crippen LogP contribution in [0.5, 0.6) is 0 Å². The number of nitrogens with one attached hydrogen (secondary N) is 2. The van der Waals surface area contributed by atoms with Crippen LogP contribution in [0.15, 0.2) is 22.5 Å². The molecule has 0 aromatic carbocycles. The Kier molecular flexibility index (Phi) is 7.39. The monoisotopic (exact) mass is 340 g/mol. The van der Waals surface area contributed by atoms with Crippen LogP contribution in [0.1, 0.15) is 26.7 Å². The molecule has 2 heterocycles. The maximum Gasteiger partial charge on any atom is 0.191 e. The SMILES string of the molecule is CCNC(=NCC(C)SC)NC1CCN(c2cccs2)CC1. The predicted molar refractivity (Wildman–Crippen MR) is 102 cm³/mol. The van der Waals surface area contributed by atoms with Crippen molar-refractivity contribution in [1.82, 2.24) is 10.6 Å². The third-order valence-electron chi connectivity index (χ3n) is 3.91. The molecule has 0 bridgehead atoms. The van der Waals surface area contributed by atoms with Gasteiger partial charge in [0.15, 0.2) is 5.96 Å². The van der Waals surface area contributed by atoms with Crippen molar-refractivity contribution in [3.8, 4) is 0 Å². The number of thioether (sulfide) groups is 1. The fraction of sp³-hybridized carbons (Fsp3) is 0.688. The molecule has 124 valence electrons. The van der Waals surface area contributed by atoms with Crippen molar-refractivity contribution in [2.45, 2.75) is 38.0 Å². The lowest BCUT2D eigenvalue weighted by Gasteiger charge is -2.33. The van der Waals surface area contributed by atoms with Crippen LogP contribution < -0.4 is 15.5 Å². The summed E-state index contributed by atoms with van der Waals surface area (Å²) in [7, 11) is 0. The summed E-state index contributed by atoms with van der Waals surface area (Å²) in [6.45, 7) is 8.36. The van der Waals surface area contributed by atoms with Gasteiger partial charge in [0.05, 0.1) is 11.5 Å². The van der Waals surface area contributed by atoms with E-state index in [0.29, 0.717) is 11.3 Å². The number of thiophene rings is 1. The zero-order chi connectivity index (χ0) is 15.8. The van der Waals surface area contributed by atoms with Gasteiger partial charge in [0.1, 0.15) is 0 Å². The second-order valence-corrected chi connectivity index (χ2v) is 7.83. The van der Waals surface area contributed by atoms with Crippen LogP contribution in [-0.4, -0.2) is 49.7 Å². The van der Waals surface area contributed by atoms with Crippen LogP contribution >= 0.6 is 23.1 Å². The number of rotatable bonds is 6. The van der Waals surface area contributed by atoms with Crippen LogP contribution in [0.4, 0.5) is 5.00 Å². The Hall–Kier alpha value is -0.880. The van der Waals surface area contributed by atoms with Crippen molar-refractivity contribution in [3.63, 3.8) is 0 Å². The van der Waals surface area contributed by atoms with Crippen LogP contribution in [0.3, 0.4) is 0 Å². The van der Waals surface area contributed by atoms with Gasteiger partial charge in [-0.15, -0.1) is 11.3 Å². The minimum atomic E-state index is 0.526. The number of aliphatic imine (C=N–C) groups is 1. The summed E-state index contributed by atoms with van der Waals surface area (Å²) in [6.07, 6.45) is 4.47. The second kappa shape index (κ2) is 9.30. The molecule has 1 aliphatic heterocycles. The Morgan fingerprint density at radius 2 is 2.27 bits per heavy atom. The van der Waals surface area contributed by atoms with Crippen molar-refractivity contribution in [2.75, 3.05) is 37.3 Å². The van der Waals surface area contributed by atoms with E-state index in [0.717, 1.165) is 32.1 Å². The molecule has 1 aromatic heterocycles. The van der Waals surface area contributed by atoms with Crippen molar-refractivity contribution in [1.29, 1.82) is 0 Å². The van der Waals surface area contributed by atoms with E-state index in [9.17, 15) is 0 Å². The third kappa shape index (κ3) is 5.39. The molecule has 1 atom stereocenters. The first-order valence-corrected chi connectivity index (χ1v) is 10.3. The topological polar surface area (TPSA) is 39.7 Å². The number of piperidine rings is 1. The molecule has 22 heavy (non-hydrogen) atoms. The smallest absolute Gasteiger partial charge is 0.191 e. The molecule has 4 nitrogen and oxygen atoms in total. The standard InChI is InChI=1S/C16H28N4S2/c1-4-17-16(18-12-13(2)21-3)19-14-7-9-20(10-8-14)15-6-5-11-22-15/h5-6,11,13-14H,4,7-10,12H2,1-3H3,(H2,17,18,19). The third-order valence-corrected chi connectivity index (χ3v) is 5.79. The highest BCUT2D eigenvalue weighted by Crippen LogP contribution is 2.24. The number of anilines is 1. The van der Waals surface area contributed by atoms with Crippen LogP contribution in [0, 0.1) is 0 Å². The lowest BCUT2D eigenvalue weighted by atomic mass is 10.1. The lowest BCUT2D eigenvalue weighted by Crippen LogP contribution is -2.48. The maximum atomic E-state index is 4.71. The molecule has 0 amide bonds. The average molecular weight is 341 g/mol. The Morgan fingerprint density at radius 1 is 1.50 bits per heavy atom. The first kappa shape index (κ1) is 17.5. The van der Waals surface area contributed by atoms with Crippen LogP contribution in [0.2, 0.25) is 0 Å². The van der Waals surface area contributed by atoms with Gasteiger partial charge < -0.3 is 15.5 Å². The average Bonchev–Trinajstić information content (AvgIpc) is 3.07. The Morgan fingerprint density at radius 3 is 2.86 bits per heavy atom. The summed E-state index contributed by atoms with van der Waals surface area (Å²) >= 11 is 3.70. The summed E-state index contributed by atoms with van der Waals surface area (Å²) in [6, 6.07) is 4.87. The van der Waals surface area contributed by atoms with E-state index in [-0.39, 0.29) is 0 Å². The van der Waals surface area contributed by atoms with Crippen molar-refractivity contribution in [2.24, 2.45) is 4.99 Å². The summed E-state index contributed by atoms with van der Waals surface area (Å²) in [4.78, 5) is 7.20. The zero-order valence-corrected chi connectivity index (χ0v) is 15.5. The zero-order valence-electron chi connectivity index (χ0n) is 13.8. The first-order chi connectivity index (χ1) is 10.7. The molecule has 2 N–H and O–H groups in total. The van der Waals surface area contributed by atoms with Gasteiger partial charge in [0, 0.05) is 30.9 Å². The highest BCUT2D eigenvalue weighted by Gasteiger charge is 2.20. The predicted octanol–water partition coefficient (Wildman–Crippen LogP) is 3.02. The van der Waals surface area contributed by atoms with Gasteiger partial charge in [0.25, 0.3) is 0 Å². The molecule has 0 radical (unpaired) electrons. The van der Waals surface area contributed by atoms with E-state index in [1.165, 1.54) is 17.8 Å². The normalized spacial score (nSPS) is 18.3. The van der Waals surface area contributed by atoms with E-state index in [2.05, 4.69) is 53.1 Å². The van der Waals surface area contributed by atoms with E-state index >= 15 is 0 Å². The molecule has 1 aliphatic rings. The highest BCUT2D eigenvalue weighted by atomic mass is 32.2. The van der Waals surface area contributed by atoms with Gasteiger partial charge in [-0.1, -0.05) is 6.92 Å². The van der Waals surface area contributed by atoms with E-state index in [4.69, 9.17) is 4.99 Å². The summed E-state index contributed by atoms with van der Waals surface area (Å²) in [5.74, 6) is 0.970. The molecule has 1 saturated heterocycles. The van der Waals surface area contributed by atoms with Gasteiger partial charge in [0.2, 0.25) is 0 Å². The maximum absolute atomic E-state index is 4.71. The molecule has 1 fully saturated rings. The molecular weight excluding hydrogens is 312 g/mol. The van der Waals surface area contributed by atoms with Gasteiger partial charge in [-0.3, -0.25) is 4.99 Å². The van der Waals surface area contributed by atoms with E-state index < -0.39 is 0 Å². The van der Waals surface area contributed by atoms with Gasteiger partial charge in [-0.25, -0.2) is 0 Å². The molecule has 0 spiro atoms. The fourth-order valence-corrected chi connectivity index (χ4v) is 3.51. The summed E-state index contributed by atoms with van der Waals surface area (Å²) < 4.78 is 0. The van der Waals surface area contributed by atoms with E-state index in [1.54, 1.807) is 0 Å². The highest BCUT2D eigenvalue weighted by molar-refractivity contribution is 7.99. The first-order valence-electron chi connectivity index (χ1n) is 8.09. The molecule has 2 rings (SSSR count). The molecule has 6 heteroatoms. The van der Waals surface area contributed by atoms with Crippen molar-refractivity contribution >= 4 is 34.1 Å². The molecule has 1 unspecified atom stereocenters. The second-order valence-electron chi connectivity index (χ2n) is 5.62. The summed E-state index contributed by atoms with van der Waals surface area (Å²) in [5.41, 5.74) is 0.